The zero-order chi connectivity index (χ0) is 20.3. The van der Waals surface area contributed by atoms with Crippen molar-refractivity contribution in [2.45, 2.75) is 18.6 Å². The summed E-state index contributed by atoms with van der Waals surface area (Å²) in [6.45, 7) is -0.721. The Morgan fingerprint density at radius 2 is 2.00 bits per heavy atom. The summed E-state index contributed by atoms with van der Waals surface area (Å²) in [4.78, 5) is 14.1. The van der Waals surface area contributed by atoms with Gasteiger partial charge in [-0.1, -0.05) is 6.07 Å². The Kier molecular flexibility index (Phi) is 6.14. The molecule has 9 heteroatoms. The van der Waals surface area contributed by atoms with Gasteiger partial charge in [0.1, 0.15) is 12.6 Å². The Bertz CT molecular complexity index is 825. The zero-order valence-electron chi connectivity index (χ0n) is 15.6. The summed E-state index contributed by atoms with van der Waals surface area (Å²) in [6.07, 6.45) is -3.73. The fraction of sp³-hybridized carbons (Fsp3) is 0.421. The average molecular weight is 415 g/mol. The van der Waals surface area contributed by atoms with Crippen LogP contribution in [0.25, 0.3) is 0 Å². The molecule has 5 nitrogen and oxygen atoms in total. The first-order chi connectivity index (χ1) is 13.3. The van der Waals surface area contributed by atoms with Crippen LogP contribution in [0.5, 0.6) is 11.5 Å². The number of alkyl halides is 3. The second-order valence-electron chi connectivity index (χ2n) is 6.58. The molecular weight excluding hydrogens is 393 g/mol. The molecule has 2 N–H and O–H groups in total. The van der Waals surface area contributed by atoms with E-state index in [1.54, 1.807) is 25.6 Å². The minimum Gasteiger partial charge on any atom is -0.493 e. The highest BCUT2D eigenvalue weighted by molar-refractivity contribution is 7.10. The predicted octanol–water partition coefficient (Wildman–Crippen LogP) is 1.97. The lowest BCUT2D eigenvalue weighted by Gasteiger charge is -2.34. The maximum absolute atomic E-state index is 12.4. The van der Waals surface area contributed by atoms with Crippen LogP contribution >= 0.6 is 11.3 Å². The first kappa shape index (κ1) is 20.5. The molecule has 152 valence electrons. The summed E-state index contributed by atoms with van der Waals surface area (Å²) >= 11 is 1.56. The lowest BCUT2D eigenvalue weighted by atomic mass is 9.91. The number of carbonyl (C=O) groups excluding carboxylic acids is 1. The van der Waals surface area contributed by atoms with Crippen molar-refractivity contribution in [3.05, 3.63) is 45.6 Å². The van der Waals surface area contributed by atoms with Crippen LogP contribution in [0.4, 0.5) is 13.2 Å². The molecule has 1 aromatic heterocycles. The normalized spacial score (nSPS) is 19.0. The van der Waals surface area contributed by atoms with E-state index >= 15 is 0 Å². The lowest BCUT2D eigenvalue weighted by molar-refractivity contribution is -0.919. The van der Waals surface area contributed by atoms with Gasteiger partial charge in [-0.2, -0.15) is 13.2 Å². The summed E-state index contributed by atoms with van der Waals surface area (Å²) in [5, 5.41) is 3.92. The molecule has 2 aromatic rings. The molecule has 1 aliphatic rings. The number of ether oxygens (including phenoxy) is 2. The molecule has 0 saturated carbocycles. The van der Waals surface area contributed by atoms with Gasteiger partial charge in [-0.15, -0.1) is 11.3 Å². The second kappa shape index (κ2) is 8.40. The van der Waals surface area contributed by atoms with Crippen molar-refractivity contribution in [2.24, 2.45) is 0 Å². The Balaban J connectivity index is 1.90. The van der Waals surface area contributed by atoms with Crippen molar-refractivity contribution in [3.8, 4) is 11.5 Å². The van der Waals surface area contributed by atoms with E-state index in [0.29, 0.717) is 24.5 Å². The molecule has 28 heavy (non-hydrogen) atoms. The molecular formula is C19H22F3N2O3S+. The third-order valence-corrected chi connectivity index (χ3v) is 5.72. The first-order valence-electron chi connectivity index (χ1n) is 8.78. The minimum atomic E-state index is -4.42. The summed E-state index contributed by atoms with van der Waals surface area (Å²) in [7, 11) is 3.13. The molecule has 0 saturated heterocycles. The maximum Gasteiger partial charge on any atom is 0.405 e. The smallest absolute Gasteiger partial charge is 0.405 e. The van der Waals surface area contributed by atoms with Crippen molar-refractivity contribution >= 4 is 17.2 Å². The Labute approximate surface area is 165 Å². The number of nitrogens with one attached hydrogen (secondary N) is 2. The predicted molar refractivity (Wildman–Crippen MR) is 99.2 cm³/mol. The van der Waals surface area contributed by atoms with E-state index in [4.69, 9.17) is 9.47 Å². The van der Waals surface area contributed by atoms with Crippen molar-refractivity contribution in [1.29, 1.82) is 0 Å². The maximum atomic E-state index is 12.4. The molecule has 0 spiro atoms. The van der Waals surface area contributed by atoms with E-state index in [1.165, 1.54) is 0 Å². The van der Waals surface area contributed by atoms with Crippen LogP contribution in [0.15, 0.2) is 29.6 Å². The fourth-order valence-electron chi connectivity index (χ4n) is 3.55. The number of hydrogen-bond acceptors (Lipinski definition) is 4. The number of carbonyl (C=O) groups is 1. The molecule has 1 amide bonds. The molecule has 0 bridgehead atoms. The third-order valence-electron chi connectivity index (χ3n) is 4.78. The number of hydrogen-bond donors (Lipinski definition) is 2. The van der Waals surface area contributed by atoms with Crippen LogP contribution < -0.4 is 19.7 Å². The summed E-state index contributed by atoms with van der Waals surface area (Å²) < 4.78 is 48.0. The molecule has 3 rings (SSSR count). The number of thiophene rings is 1. The molecule has 1 aliphatic heterocycles. The van der Waals surface area contributed by atoms with Gasteiger partial charge in [-0.3, -0.25) is 4.79 Å². The van der Waals surface area contributed by atoms with Crippen LogP contribution in [0, 0.1) is 0 Å². The molecule has 2 atom stereocenters. The highest BCUT2D eigenvalue weighted by atomic mass is 32.1. The number of quaternary nitrogens is 1. The Hall–Kier alpha value is -2.26. The van der Waals surface area contributed by atoms with Crippen LogP contribution in [-0.2, 0) is 11.2 Å². The van der Waals surface area contributed by atoms with Gasteiger partial charge in [0.05, 0.1) is 25.6 Å². The van der Waals surface area contributed by atoms with E-state index in [0.717, 1.165) is 20.9 Å². The number of rotatable bonds is 6. The minimum absolute atomic E-state index is 0.0353. The number of fused-ring (bicyclic) bond motifs is 1. The summed E-state index contributed by atoms with van der Waals surface area (Å²) in [5.74, 6) is 0.612. The van der Waals surface area contributed by atoms with Gasteiger partial charge in [0, 0.05) is 12.0 Å². The zero-order valence-corrected chi connectivity index (χ0v) is 16.4. The lowest BCUT2D eigenvalue weighted by Crippen LogP contribution is -3.14. The van der Waals surface area contributed by atoms with Crippen LogP contribution in [0.1, 0.15) is 22.0 Å². The van der Waals surface area contributed by atoms with Crippen molar-refractivity contribution in [3.63, 3.8) is 0 Å². The van der Waals surface area contributed by atoms with Crippen LogP contribution in [-0.4, -0.2) is 45.9 Å². The second-order valence-corrected chi connectivity index (χ2v) is 7.56. The summed E-state index contributed by atoms with van der Waals surface area (Å²) in [6, 6.07) is 7.60. The molecule has 1 unspecified atom stereocenters. The van der Waals surface area contributed by atoms with Gasteiger partial charge in [-0.25, -0.2) is 0 Å². The standard InChI is InChI=1S/C19H21F3N2O3S/c1-26-14-8-12-5-6-24(10-17(25)23-11-19(20,21)22)18(16-4-3-7-28-16)13(12)9-15(14)27-2/h3-4,7-9,18H,5-6,10-11H2,1-2H3,(H,23,25)/p+1/t18-/m1/s1. The SMILES string of the molecule is COc1cc2c(cc1OC)[C@H](c1cccs1)[NH+](CC(=O)NCC(F)(F)F)CC2. The quantitative estimate of drug-likeness (QED) is 0.759. The molecule has 2 heterocycles. The molecule has 0 fully saturated rings. The van der Waals surface area contributed by atoms with Gasteiger partial charge in [0.2, 0.25) is 0 Å². The van der Waals surface area contributed by atoms with Crippen molar-refractivity contribution in [1.82, 2.24) is 5.32 Å². The number of benzene rings is 1. The highest BCUT2D eigenvalue weighted by Gasteiger charge is 2.36. The topological polar surface area (TPSA) is 52.0 Å². The highest BCUT2D eigenvalue weighted by Crippen LogP contribution is 2.36. The molecule has 0 radical (unpaired) electrons. The van der Waals surface area contributed by atoms with E-state index in [2.05, 4.69) is 0 Å². The first-order valence-corrected chi connectivity index (χ1v) is 9.66. The van der Waals surface area contributed by atoms with Crippen LogP contribution in [0.3, 0.4) is 0 Å². The van der Waals surface area contributed by atoms with E-state index in [1.807, 2.05) is 35.0 Å². The van der Waals surface area contributed by atoms with Gasteiger partial charge in [0.25, 0.3) is 5.91 Å². The Morgan fingerprint density at radius 3 is 2.61 bits per heavy atom. The monoisotopic (exact) mass is 415 g/mol. The van der Waals surface area contributed by atoms with Gasteiger partial charge < -0.3 is 19.7 Å². The third kappa shape index (κ3) is 4.59. The van der Waals surface area contributed by atoms with E-state index < -0.39 is 18.6 Å². The number of methoxy groups -OCH3 is 2. The van der Waals surface area contributed by atoms with Crippen LogP contribution in [0.2, 0.25) is 0 Å². The van der Waals surface area contributed by atoms with E-state index in [9.17, 15) is 18.0 Å². The van der Waals surface area contributed by atoms with Gasteiger partial charge in [-0.05, 0) is 29.1 Å². The van der Waals surface area contributed by atoms with Crippen molar-refractivity contribution in [2.75, 3.05) is 33.9 Å². The molecule has 0 aliphatic carbocycles. The Morgan fingerprint density at radius 1 is 1.29 bits per heavy atom. The molecule has 1 aromatic carbocycles. The average Bonchev–Trinajstić information content (AvgIpc) is 3.18. The van der Waals surface area contributed by atoms with Crippen molar-refractivity contribution < 1.29 is 32.3 Å². The summed E-state index contributed by atoms with van der Waals surface area (Å²) in [5.41, 5.74) is 2.10. The number of amides is 1. The van der Waals surface area contributed by atoms with Gasteiger partial charge in [0.15, 0.2) is 18.0 Å². The van der Waals surface area contributed by atoms with Gasteiger partial charge >= 0.3 is 6.18 Å². The number of halogens is 3. The fourth-order valence-corrected chi connectivity index (χ4v) is 4.45. The van der Waals surface area contributed by atoms with E-state index in [-0.39, 0.29) is 12.6 Å². The largest absolute Gasteiger partial charge is 0.493 e.